The van der Waals surface area contributed by atoms with Gasteiger partial charge in [-0.15, -0.1) is 0 Å². The molecule has 2 heteroatoms. The summed E-state index contributed by atoms with van der Waals surface area (Å²) in [5, 5.41) is 11.1. The van der Waals surface area contributed by atoms with Crippen molar-refractivity contribution in [1.29, 1.82) is 0 Å². The van der Waals surface area contributed by atoms with Crippen LogP contribution in [0.3, 0.4) is 0 Å². The lowest BCUT2D eigenvalue weighted by molar-refractivity contribution is -0.0417. The number of rotatable bonds is 2. The van der Waals surface area contributed by atoms with Crippen molar-refractivity contribution in [2.45, 2.75) is 57.1 Å². The quantitative estimate of drug-likeness (QED) is 0.899. The minimum absolute atomic E-state index is 0.598. The molecule has 1 aliphatic heterocycles. The van der Waals surface area contributed by atoms with Crippen LogP contribution in [-0.2, 0) is 5.60 Å². The van der Waals surface area contributed by atoms with Gasteiger partial charge >= 0.3 is 0 Å². The van der Waals surface area contributed by atoms with E-state index in [9.17, 15) is 5.11 Å². The molecule has 1 N–H and O–H groups in total. The first-order valence-corrected chi connectivity index (χ1v) is 8.68. The lowest BCUT2D eigenvalue weighted by Gasteiger charge is -2.43. The molecule has 3 fully saturated rings. The Hall–Kier alpha value is -0.860. The van der Waals surface area contributed by atoms with Gasteiger partial charge in [-0.25, -0.2) is 0 Å². The molecule has 3 aliphatic rings. The van der Waals surface area contributed by atoms with E-state index in [1.54, 1.807) is 0 Å². The second kappa shape index (κ2) is 5.10. The standard InChI is InChI=1S/C19H27NO/c1-14-4-2-3-5-17(14)19(21)8-10-20(11-9-19)18-13-15-6-7-16(18)12-15/h2-5,15-16,18,21H,6-13H2,1H3/t15-,16-,18+/m0/s1. The fourth-order valence-electron chi connectivity index (χ4n) is 5.25. The predicted octanol–water partition coefficient (Wildman–Crippen LogP) is 3.47. The molecule has 0 spiro atoms. The van der Waals surface area contributed by atoms with Crippen LogP contribution in [0.4, 0.5) is 0 Å². The smallest absolute Gasteiger partial charge is 0.0923 e. The highest BCUT2D eigenvalue weighted by Gasteiger charge is 2.44. The number of hydrogen-bond donors (Lipinski definition) is 1. The van der Waals surface area contributed by atoms with Crippen molar-refractivity contribution in [3.05, 3.63) is 35.4 Å². The third kappa shape index (κ3) is 2.33. The van der Waals surface area contributed by atoms with E-state index in [1.165, 1.54) is 31.2 Å². The Labute approximate surface area is 128 Å². The van der Waals surface area contributed by atoms with E-state index in [0.29, 0.717) is 0 Å². The minimum atomic E-state index is -0.598. The van der Waals surface area contributed by atoms with Crippen molar-refractivity contribution in [2.24, 2.45) is 11.8 Å². The summed E-state index contributed by atoms with van der Waals surface area (Å²) in [6, 6.07) is 9.18. The van der Waals surface area contributed by atoms with Crippen molar-refractivity contribution in [3.63, 3.8) is 0 Å². The summed E-state index contributed by atoms with van der Waals surface area (Å²) in [6.45, 7) is 4.26. The van der Waals surface area contributed by atoms with E-state index in [2.05, 4.69) is 36.1 Å². The van der Waals surface area contributed by atoms with Gasteiger partial charge in [-0.05, 0) is 62.0 Å². The van der Waals surface area contributed by atoms with Gasteiger partial charge in [0, 0.05) is 19.1 Å². The fraction of sp³-hybridized carbons (Fsp3) is 0.684. The molecule has 0 unspecified atom stereocenters. The monoisotopic (exact) mass is 285 g/mol. The molecule has 2 saturated carbocycles. The van der Waals surface area contributed by atoms with E-state index in [1.807, 2.05) is 0 Å². The van der Waals surface area contributed by atoms with E-state index in [4.69, 9.17) is 0 Å². The number of benzene rings is 1. The summed E-state index contributed by atoms with van der Waals surface area (Å²) in [6.07, 6.45) is 7.62. The van der Waals surface area contributed by atoms with Gasteiger partial charge in [-0.2, -0.15) is 0 Å². The van der Waals surface area contributed by atoms with Crippen molar-refractivity contribution in [1.82, 2.24) is 4.90 Å². The Kier molecular flexibility index (Phi) is 3.35. The summed E-state index contributed by atoms with van der Waals surface area (Å²) < 4.78 is 0. The van der Waals surface area contributed by atoms with Crippen LogP contribution in [0.15, 0.2) is 24.3 Å². The van der Waals surface area contributed by atoms with Crippen LogP contribution in [0.2, 0.25) is 0 Å². The predicted molar refractivity (Wildman–Crippen MR) is 85.1 cm³/mol. The average molecular weight is 285 g/mol. The number of fused-ring (bicyclic) bond motifs is 2. The van der Waals surface area contributed by atoms with E-state index in [0.717, 1.165) is 49.4 Å². The van der Waals surface area contributed by atoms with Crippen molar-refractivity contribution >= 4 is 0 Å². The highest BCUT2D eigenvalue weighted by atomic mass is 16.3. The van der Waals surface area contributed by atoms with Gasteiger partial charge in [-0.3, -0.25) is 4.90 Å². The number of hydrogen-bond acceptors (Lipinski definition) is 2. The summed E-state index contributed by atoms with van der Waals surface area (Å²) in [7, 11) is 0. The van der Waals surface area contributed by atoms with E-state index >= 15 is 0 Å². The first-order valence-electron chi connectivity index (χ1n) is 8.68. The average Bonchev–Trinajstić information content (AvgIpc) is 3.11. The molecule has 1 aromatic carbocycles. The fourth-order valence-corrected chi connectivity index (χ4v) is 5.25. The summed E-state index contributed by atoms with van der Waals surface area (Å²) in [4.78, 5) is 2.69. The van der Waals surface area contributed by atoms with Crippen LogP contribution in [0.5, 0.6) is 0 Å². The van der Waals surface area contributed by atoms with Gasteiger partial charge in [0.05, 0.1) is 5.60 Å². The molecular formula is C19H27NO. The van der Waals surface area contributed by atoms with Crippen LogP contribution in [0.25, 0.3) is 0 Å². The molecule has 4 rings (SSSR count). The summed E-state index contributed by atoms with van der Waals surface area (Å²) >= 11 is 0. The molecule has 2 bridgehead atoms. The zero-order valence-electron chi connectivity index (χ0n) is 13.1. The molecule has 0 radical (unpaired) electrons. The molecule has 3 atom stereocenters. The van der Waals surface area contributed by atoms with Crippen LogP contribution < -0.4 is 0 Å². The molecule has 1 saturated heterocycles. The van der Waals surface area contributed by atoms with Crippen LogP contribution >= 0.6 is 0 Å². The molecule has 0 amide bonds. The maximum absolute atomic E-state index is 11.1. The Balaban J connectivity index is 1.46. The van der Waals surface area contributed by atoms with Gasteiger partial charge in [0.25, 0.3) is 0 Å². The lowest BCUT2D eigenvalue weighted by atomic mass is 9.81. The third-order valence-corrected chi connectivity index (χ3v) is 6.44. The van der Waals surface area contributed by atoms with Gasteiger partial charge < -0.3 is 5.11 Å². The highest BCUT2D eigenvalue weighted by Crippen LogP contribution is 2.48. The SMILES string of the molecule is Cc1ccccc1C1(O)CCN([C@@H]2C[C@H]3CC[C@H]2C3)CC1. The van der Waals surface area contributed by atoms with Crippen LogP contribution in [-0.4, -0.2) is 29.1 Å². The molecule has 0 aromatic heterocycles. The third-order valence-electron chi connectivity index (χ3n) is 6.44. The molecule has 2 aliphatic carbocycles. The highest BCUT2D eigenvalue weighted by molar-refractivity contribution is 5.31. The first kappa shape index (κ1) is 13.8. The number of aryl methyl sites for hydroxylation is 1. The zero-order chi connectivity index (χ0) is 14.4. The Bertz CT molecular complexity index is 518. The van der Waals surface area contributed by atoms with Gasteiger partial charge in [0.2, 0.25) is 0 Å². The summed E-state index contributed by atoms with van der Waals surface area (Å²) in [5.74, 6) is 1.97. The zero-order valence-corrected chi connectivity index (χ0v) is 13.1. The number of nitrogens with zero attached hydrogens (tertiary/aromatic N) is 1. The molecule has 2 nitrogen and oxygen atoms in total. The van der Waals surface area contributed by atoms with Gasteiger partial charge in [0.15, 0.2) is 0 Å². The van der Waals surface area contributed by atoms with Gasteiger partial charge in [-0.1, -0.05) is 30.7 Å². The maximum atomic E-state index is 11.1. The van der Waals surface area contributed by atoms with E-state index in [-0.39, 0.29) is 0 Å². The Morgan fingerprint density at radius 3 is 2.48 bits per heavy atom. The first-order chi connectivity index (χ1) is 10.2. The number of aliphatic hydroxyl groups is 1. The maximum Gasteiger partial charge on any atom is 0.0923 e. The van der Waals surface area contributed by atoms with Crippen molar-refractivity contribution in [3.8, 4) is 0 Å². The molecule has 1 heterocycles. The molecular weight excluding hydrogens is 258 g/mol. The number of piperidine rings is 1. The minimum Gasteiger partial charge on any atom is -0.385 e. The topological polar surface area (TPSA) is 23.5 Å². The normalized spacial score (nSPS) is 35.2. The Morgan fingerprint density at radius 2 is 1.86 bits per heavy atom. The largest absolute Gasteiger partial charge is 0.385 e. The van der Waals surface area contributed by atoms with E-state index < -0.39 is 5.60 Å². The Morgan fingerprint density at radius 1 is 1.10 bits per heavy atom. The molecule has 114 valence electrons. The van der Waals surface area contributed by atoms with Gasteiger partial charge in [0.1, 0.15) is 0 Å². The molecule has 21 heavy (non-hydrogen) atoms. The van der Waals surface area contributed by atoms with Crippen LogP contribution in [0.1, 0.15) is 49.7 Å². The number of likely N-dealkylation sites (tertiary alicyclic amines) is 1. The van der Waals surface area contributed by atoms with Crippen LogP contribution in [0, 0.1) is 18.8 Å². The second-order valence-corrected chi connectivity index (χ2v) is 7.62. The van der Waals surface area contributed by atoms with Crippen molar-refractivity contribution < 1.29 is 5.11 Å². The molecule has 1 aromatic rings. The second-order valence-electron chi connectivity index (χ2n) is 7.62. The summed E-state index contributed by atoms with van der Waals surface area (Å²) in [5.41, 5.74) is 1.78. The van der Waals surface area contributed by atoms with Crippen molar-refractivity contribution in [2.75, 3.05) is 13.1 Å². The lowest BCUT2D eigenvalue weighted by Crippen LogP contribution is -2.48.